The zero-order valence-corrected chi connectivity index (χ0v) is 13.9. The first-order chi connectivity index (χ1) is 11.2. The molecule has 0 aliphatic carbocycles. The minimum Gasteiger partial charge on any atom is -0.481 e. The zero-order chi connectivity index (χ0) is 16.1. The van der Waals surface area contributed by atoms with Crippen molar-refractivity contribution in [2.24, 2.45) is 0 Å². The minimum atomic E-state index is -0.849. The number of carboxylic acid groups (broad SMARTS) is 1. The molecule has 1 aromatic heterocycles. The Labute approximate surface area is 143 Å². The lowest BCUT2D eigenvalue weighted by Gasteiger charge is -2.03. The number of thioether (sulfide) groups is 1. The largest absolute Gasteiger partial charge is 0.481 e. The van der Waals surface area contributed by atoms with Gasteiger partial charge in [-0.05, 0) is 17.7 Å². The van der Waals surface area contributed by atoms with Crippen molar-refractivity contribution in [1.82, 2.24) is 4.98 Å². The van der Waals surface area contributed by atoms with Crippen LogP contribution in [0.2, 0.25) is 0 Å². The number of carboxylic acids is 1. The predicted molar refractivity (Wildman–Crippen MR) is 94.9 cm³/mol. The molecule has 0 atom stereocenters. The SMILES string of the molecule is O=C(O)Cc1nc(-c2ccc(SCc3ccccc3)cc2)cs1. The summed E-state index contributed by atoms with van der Waals surface area (Å²) in [6.07, 6.45) is -0.0182. The van der Waals surface area contributed by atoms with E-state index in [0.29, 0.717) is 5.01 Å². The normalized spacial score (nSPS) is 10.6. The van der Waals surface area contributed by atoms with Gasteiger partial charge in [-0.25, -0.2) is 4.98 Å². The van der Waals surface area contributed by atoms with Gasteiger partial charge in [0.05, 0.1) is 12.1 Å². The molecule has 0 aliphatic heterocycles. The second kappa shape index (κ2) is 7.44. The van der Waals surface area contributed by atoms with Crippen LogP contribution < -0.4 is 0 Å². The second-order valence-electron chi connectivity index (χ2n) is 5.00. The summed E-state index contributed by atoms with van der Waals surface area (Å²) >= 11 is 3.18. The molecular weight excluding hydrogens is 326 g/mol. The fourth-order valence-corrected chi connectivity index (χ4v) is 3.77. The molecule has 1 heterocycles. The summed E-state index contributed by atoms with van der Waals surface area (Å²) in [5, 5.41) is 11.3. The third-order valence-corrected chi connectivity index (χ3v) is 5.18. The molecule has 0 bridgehead atoms. The van der Waals surface area contributed by atoms with Gasteiger partial charge in [0.2, 0.25) is 0 Å². The summed E-state index contributed by atoms with van der Waals surface area (Å²) in [5.74, 6) is 0.0955. The van der Waals surface area contributed by atoms with Gasteiger partial charge in [-0.2, -0.15) is 0 Å². The number of nitrogens with zero attached hydrogens (tertiary/aromatic N) is 1. The van der Waals surface area contributed by atoms with E-state index in [0.717, 1.165) is 17.0 Å². The molecule has 0 saturated heterocycles. The van der Waals surface area contributed by atoms with Crippen LogP contribution in [0.15, 0.2) is 64.9 Å². The molecule has 0 amide bonds. The van der Waals surface area contributed by atoms with Crippen LogP contribution >= 0.6 is 23.1 Å². The van der Waals surface area contributed by atoms with Gasteiger partial charge in [-0.3, -0.25) is 4.79 Å². The number of carbonyl (C=O) groups is 1. The van der Waals surface area contributed by atoms with Crippen LogP contribution in [-0.4, -0.2) is 16.1 Å². The van der Waals surface area contributed by atoms with Crippen molar-refractivity contribution in [1.29, 1.82) is 0 Å². The molecule has 0 spiro atoms. The molecule has 0 aliphatic rings. The monoisotopic (exact) mass is 341 g/mol. The van der Waals surface area contributed by atoms with Gasteiger partial charge in [0.25, 0.3) is 0 Å². The highest BCUT2D eigenvalue weighted by atomic mass is 32.2. The van der Waals surface area contributed by atoms with Gasteiger partial charge in [0, 0.05) is 21.6 Å². The van der Waals surface area contributed by atoms with E-state index in [9.17, 15) is 4.79 Å². The van der Waals surface area contributed by atoms with Crippen molar-refractivity contribution in [2.75, 3.05) is 0 Å². The summed E-state index contributed by atoms with van der Waals surface area (Å²) < 4.78 is 0. The Morgan fingerprint density at radius 1 is 1.09 bits per heavy atom. The second-order valence-corrected chi connectivity index (χ2v) is 6.99. The molecule has 2 aromatic carbocycles. The van der Waals surface area contributed by atoms with E-state index >= 15 is 0 Å². The maximum Gasteiger partial charge on any atom is 0.310 e. The third-order valence-electron chi connectivity index (χ3n) is 3.25. The first-order valence-corrected chi connectivity index (χ1v) is 9.00. The Morgan fingerprint density at radius 2 is 1.83 bits per heavy atom. The molecule has 0 radical (unpaired) electrons. The molecule has 23 heavy (non-hydrogen) atoms. The summed E-state index contributed by atoms with van der Waals surface area (Å²) in [7, 11) is 0. The Bertz CT molecular complexity index is 782. The first kappa shape index (κ1) is 15.8. The maximum absolute atomic E-state index is 10.7. The lowest BCUT2D eigenvalue weighted by molar-refractivity contribution is -0.136. The number of aromatic nitrogens is 1. The molecule has 3 nitrogen and oxygen atoms in total. The molecule has 0 saturated carbocycles. The highest BCUT2D eigenvalue weighted by Crippen LogP contribution is 2.27. The van der Waals surface area contributed by atoms with Gasteiger partial charge in [0.1, 0.15) is 5.01 Å². The number of hydrogen-bond donors (Lipinski definition) is 1. The number of aliphatic carboxylic acids is 1. The topological polar surface area (TPSA) is 50.2 Å². The third kappa shape index (κ3) is 4.43. The maximum atomic E-state index is 10.7. The van der Waals surface area contributed by atoms with Crippen molar-refractivity contribution in [3.05, 3.63) is 70.5 Å². The summed E-state index contributed by atoms with van der Waals surface area (Å²) in [5.41, 5.74) is 3.16. The van der Waals surface area contributed by atoms with E-state index in [4.69, 9.17) is 5.11 Å². The smallest absolute Gasteiger partial charge is 0.310 e. The van der Waals surface area contributed by atoms with Gasteiger partial charge in [-0.15, -0.1) is 23.1 Å². The Hall–Kier alpha value is -2.11. The Balaban J connectivity index is 1.64. The first-order valence-electron chi connectivity index (χ1n) is 7.14. The standard InChI is InChI=1S/C18H15NO2S2/c20-18(21)10-17-19-16(12-23-17)14-6-8-15(9-7-14)22-11-13-4-2-1-3-5-13/h1-9,12H,10-11H2,(H,20,21). The van der Waals surface area contributed by atoms with Crippen molar-refractivity contribution in [2.45, 2.75) is 17.1 Å². The van der Waals surface area contributed by atoms with Crippen molar-refractivity contribution in [3.63, 3.8) is 0 Å². The number of rotatable bonds is 6. The zero-order valence-electron chi connectivity index (χ0n) is 12.3. The average Bonchev–Trinajstić information content (AvgIpc) is 3.02. The quantitative estimate of drug-likeness (QED) is 0.659. The van der Waals surface area contributed by atoms with Gasteiger partial charge in [0.15, 0.2) is 0 Å². The minimum absolute atomic E-state index is 0.0182. The lowest BCUT2D eigenvalue weighted by Crippen LogP contribution is -1.99. The molecule has 0 fully saturated rings. The molecule has 5 heteroatoms. The molecule has 3 rings (SSSR count). The van der Waals surface area contributed by atoms with Crippen LogP contribution in [0.5, 0.6) is 0 Å². The van der Waals surface area contributed by atoms with Crippen LogP contribution in [0.1, 0.15) is 10.6 Å². The number of benzene rings is 2. The van der Waals surface area contributed by atoms with E-state index in [2.05, 4.69) is 41.4 Å². The Kier molecular flexibility index (Phi) is 5.10. The fraction of sp³-hybridized carbons (Fsp3) is 0.111. The van der Waals surface area contributed by atoms with Gasteiger partial charge in [-0.1, -0.05) is 42.5 Å². The number of thiazole rings is 1. The molecule has 0 unspecified atom stereocenters. The molecule has 116 valence electrons. The summed E-state index contributed by atoms with van der Waals surface area (Å²) in [6.45, 7) is 0. The summed E-state index contributed by atoms with van der Waals surface area (Å²) in [6, 6.07) is 18.6. The predicted octanol–water partition coefficient (Wildman–Crippen LogP) is 4.73. The van der Waals surface area contributed by atoms with Crippen molar-refractivity contribution < 1.29 is 9.90 Å². The van der Waals surface area contributed by atoms with Crippen LogP contribution in [0.4, 0.5) is 0 Å². The average molecular weight is 341 g/mol. The fourth-order valence-electron chi connectivity index (χ4n) is 2.12. The highest BCUT2D eigenvalue weighted by Gasteiger charge is 2.08. The molecule has 1 N–H and O–H groups in total. The number of hydrogen-bond acceptors (Lipinski definition) is 4. The molecular formula is C18H15NO2S2. The van der Waals surface area contributed by atoms with E-state index in [1.54, 1.807) is 11.8 Å². The van der Waals surface area contributed by atoms with E-state index in [-0.39, 0.29) is 6.42 Å². The summed E-state index contributed by atoms with van der Waals surface area (Å²) in [4.78, 5) is 16.3. The van der Waals surface area contributed by atoms with Crippen LogP contribution in [0.3, 0.4) is 0 Å². The van der Waals surface area contributed by atoms with Gasteiger partial charge >= 0.3 is 5.97 Å². The Morgan fingerprint density at radius 3 is 2.52 bits per heavy atom. The van der Waals surface area contributed by atoms with Gasteiger partial charge < -0.3 is 5.11 Å². The van der Waals surface area contributed by atoms with Crippen LogP contribution in [-0.2, 0) is 17.0 Å². The molecule has 3 aromatic rings. The van der Waals surface area contributed by atoms with Crippen LogP contribution in [0.25, 0.3) is 11.3 Å². The van der Waals surface area contributed by atoms with Crippen molar-refractivity contribution >= 4 is 29.1 Å². The van der Waals surface area contributed by atoms with Crippen LogP contribution in [0, 0.1) is 0 Å². The van der Waals surface area contributed by atoms with E-state index < -0.39 is 5.97 Å². The lowest BCUT2D eigenvalue weighted by atomic mass is 10.2. The van der Waals surface area contributed by atoms with E-state index in [1.807, 2.05) is 23.6 Å². The van der Waals surface area contributed by atoms with E-state index in [1.165, 1.54) is 21.8 Å². The highest BCUT2D eigenvalue weighted by molar-refractivity contribution is 7.98. The van der Waals surface area contributed by atoms with Crippen molar-refractivity contribution in [3.8, 4) is 11.3 Å².